The van der Waals surface area contributed by atoms with E-state index in [0.29, 0.717) is 61.9 Å². The standard InChI is InChI=1S/C20H22Cl2N6O4.Li.H/c1-9-14(21)15(22)17(23-9)18(29)26-16-10-7-28(8-11(10)16)13-6-12(19(30)31)24-20(25-13)27-2-4-32-5-3-27;;/h6,10-11,16,23H,2-5,7-8H2,1H3,(H,26,29)(H,30,31);;/q;+1;-1/t10-,11+,16?;;. The number of amides is 1. The number of nitrogens with one attached hydrogen (secondary N) is 2. The van der Waals surface area contributed by atoms with Gasteiger partial charge in [-0.05, 0) is 6.92 Å². The number of piperidine rings is 1. The molecule has 0 bridgehead atoms. The van der Waals surface area contributed by atoms with E-state index in [1.807, 2.05) is 4.90 Å². The quantitative estimate of drug-likeness (QED) is 0.455. The van der Waals surface area contributed by atoms with E-state index in [-0.39, 0.29) is 60.5 Å². The number of H-pyrrole nitrogens is 1. The minimum atomic E-state index is -1.09. The Hall–Kier alpha value is -1.96. The topological polar surface area (TPSA) is 124 Å². The smallest absolute Gasteiger partial charge is 1.00 e. The van der Waals surface area contributed by atoms with Crippen LogP contribution in [-0.4, -0.2) is 77.4 Å². The number of aromatic carboxylic acids is 1. The Labute approximate surface area is 213 Å². The van der Waals surface area contributed by atoms with Crippen LogP contribution < -0.4 is 34.0 Å². The van der Waals surface area contributed by atoms with Gasteiger partial charge in [0.05, 0.1) is 23.3 Å². The van der Waals surface area contributed by atoms with Crippen LogP contribution in [0.1, 0.15) is 28.1 Å². The van der Waals surface area contributed by atoms with Gasteiger partial charge >= 0.3 is 24.8 Å². The molecule has 1 amide bonds. The molecule has 3 N–H and O–H groups in total. The second-order valence-corrected chi connectivity index (χ2v) is 9.06. The molecule has 3 fully saturated rings. The van der Waals surface area contributed by atoms with Crippen LogP contribution in [0.25, 0.3) is 0 Å². The van der Waals surface area contributed by atoms with Crippen molar-refractivity contribution in [1.82, 2.24) is 20.3 Å². The summed E-state index contributed by atoms with van der Waals surface area (Å²) < 4.78 is 5.36. The number of carboxylic acid groups (broad SMARTS) is 1. The van der Waals surface area contributed by atoms with E-state index in [4.69, 9.17) is 27.9 Å². The van der Waals surface area contributed by atoms with Crippen molar-refractivity contribution in [3.05, 3.63) is 33.2 Å². The SMILES string of the molecule is Cc1[nH]c(C(=O)NC2[C@H]3CN(c4cc(C(=O)O)nc(N5CCOCC5)n4)C[C@@H]23)c(Cl)c1Cl.[H-].[Li+]. The summed E-state index contributed by atoms with van der Waals surface area (Å²) in [6.45, 7) is 5.45. The minimum Gasteiger partial charge on any atom is -1.00 e. The molecule has 10 nitrogen and oxygen atoms in total. The van der Waals surface area contributed by atoms with Crippen molar-refractivity contribution in [2.24, 2.45) is 11.8 Å². The van der Waals surface area contributed by atoms with Crippen LogP contribution in [0.5, 0.6) is 0 Å². The zero-order valence-electron chi connectivity index (χ0n) is 19.3. The first kappa shape index (κ1) is 24.2. The third-order valence-electron chi connectivity index (χ3n) is 6.31. The average molecular weight is 489 g/mol. The molecule has 172 valence electrons. The molecule has 1 saturated carbocycles. The fourth-order valence-corrected chi connectivity index (χ4v) is 4.89. The molecule has 33 heavy (non-hydrogen) atoms. The predicted molar refractivity (Wildman–Crippen MR) is 119 cm³/mol. The van der Waals surface area contributed by atoms with E-state index < -0.39 is 5.97 Å². The van der Waals surface area contributed by atoms with Gasteiger partial charge in [-0.3, -0.25) is 4.79 Å². The van der Waals surface area contributed by atoms with E-state index in [9.17, 15) is 14.7 Å². The Morgan fingerprint density at radius 3 is 2.42 bits per heavy atom. The van der Waals surface area contributed by atoms with Gasteiger partial charge < -0.3 is 31.4 Å². The second kappa shape index (κ2) is 9.35. The summed E-state index contributed by atoms with van der Waals surface area (Å²) in [5.41, 5.74) is 0.890. The number of hydrogen-bond donors (Lipinski definition) is 3. The number of morpholine rings is 1. The number of carbonyl (C=O) groups excluding carboxylic acids is 1. The van der Waals surface area contributed by atoms with Gasteiger partial charge in [0.15, 0.2) is 5.69 Å². The summed E-state index contributed by atoms with van der Waals surface area (Å²) >= 11 is 12.2. The van der Waals surface area contributed by atoms with E-state index in [1.54, 1.807) is 6.92 Å². The molecule has 13 heteroatoms. The molecule has 2 aromatic heterocycles. The van der Waals surface area contributed by atoms with Gasteiger partial charge in [-0.1, -0.05) is 23.2 Å². The number of aromatic amines is 1. The Bertz CT molecular complexity index is 1090. The Balaban J connectivity index is 0.00000162. The monoisotopic (exact) mass is 488 g/mol. The van der Waals surface area contributed by atoms with Gasteiger partial charge in [-0.25, -0.2) is 9.78 Å². The first-order chi connectivity index (χ1) is 15.3. The van der Waals surface area contributed by atoms with Crippen molar-refractivity contribution in [3.8, 4) is 0 Å². The summed E-state index contributed by atoms with van der Waals surface area (Å²) in [6.07, 6.45) is 0. The molecule has 0 spiro atoms. The van der Waals surface area contributed by atoms with Crippen LogP contribution in [0, 0.1) is 18.8 Å². The maximum Gasteiger partial charge on any atom is 1.00 e. The molecule has 3 atom stereocenters. The predicted octanol–water partition coefficient (Wildman–Crippen LogP) is -1.06. The van der Waals surface area contributed by atoms with Crippen LogP contribution in [0.3, 0.4) is 0 Å². The molecule has 1 unspecified atom stereocenters. The number of fused-ring (bicyclic) bond motifs is 1. The van der Waals surface area contributed by atoms with E-state index >= 15 is 0 Å². The first-order valence-electron chi connectivity index (χ1n) is 10.4. The molecule has 5 rings (SSSR count). The Kier molecular flexibility index (Phi) is 6.85. The fraction of sp³-hybridized carbons (Fsp3) is 0.500. The number of aromatic nitrogens is 3. The molecule has 0 aromatic carbocycles. The van der Waals surface area contributed by atoms with Crippen LogP contribution in [-0.2, 0) is 4.74 Å². The van der Waals surface area contributed by atoms with E-state index in [0.717, 1.165) is 0 Å². The summed E-state index contributed by atoms with van der Waals surface area (Å²) in [7, 11) is 0. The number of hydrogen-bond acceptors (Lipinski definition) is 7. The van der Waals surface area contributed by atoms with Gasteiger partial charge in [0.25, 0.3) is 5.91 Å². The average Bonchev–Trinajstić information content (AvgIpc) is 3.11. The largest absolute Gasteiger partial charge is 1.00 e. The zero-order chi connectivity index (χ0) is 22.6. The number of nitrogens with zero attached hydrogens (tertiary/aromatic N) is 4. The van der Waals surface area contributed by atoms with Crippen molar-refractivity contribution in [3.63, 3.8) is 0 Å². The number of carboxylic acids is 1. The molecular weight excluding hydrogens is 466 g/mol. The van der Waals surface area contributed by atoms with Crippen LogP contribution in [0.15, 0.2) is 6.07 Å². The molecular formula is C20H23Cl2LiN6O4. The fourth-order valence-electron chi connectivity index (χ4n) is 4.48. The van der Waals surface area contributed by atoms with E-state index in [2.05, 4.69) is 25.2 Å². The van der Waals surface area contributed by atoms with Crippen molar-refractivity contribution in [2.45, 2.75) is 13.0 Å². The van der Waals surface area contributed by atoms with Crippen molar-refractivity contribution >= 4 is 46.8 Å². The van der Waals surface area contributed by atoms with Gasteiger partial charge in [-0.15, -0.1) is 0 Å². The summed E-state index contributed by atoms with van der Waals surface area (Å²) in [5.74, 6) is 0.155. The number of rotatable bonds is 5. The van der Waals surface area contributed by atoms with Crippen LogP contribution in [0.2, 0.25) is 10.0 Å². The number of carbonyl (C=O) groups is 2. The maximum atomic E-state index is 12.6. The van der Waals surface area contributed by atoms with Gasteiger partial charge in [0.2, 0.25) is 5.95 Å². The van der Waals surface area contributed by atoms with Crippen molar-refractivity contribution in [1.29, 1.82) is 0 Å². The molecule has 0 radical (unpaired) electrons. The normalized spacial score (nSPS) is 23.7. The van der Waals surface area contributed by atoms with Crippen molar-refractivity contribution in [2.75, 3.05) is 49.2 Å². The van der Waals surface area contributed by atoms with Gasteiger partial charge in [-0.2, -0.15) is 4.98 Å². The molecule has 3 aliphatic rings. The minimum absolute atomic E-state index is 0. The molecule has 4 heterocycles. The summed E-state index contributed by atoms with van der Waals surface area (Å²) in [4.78, 5) is 40.0. The Morgan fingerprint density at radius 1 is 1.18 bits per heavy atom. The Morgan fingerprint density at radius 2 is 1.85 bits per heavy atom. The van der Waals surface area contributed by atoms with Crippen LogP contribution >= 0.6 is 23.2 Å². The summed E-state index contributed by atoms with van der Waals surface area (Å²) in [6, 6.07) is 1.55. The third kappa shape index (κ3) is 4.55. The molecule has 1 aliphatic carbocycles. The molecule has 2 aliphatic heterocycles. The zero-order valence-corrected chi connectivity index (χ0v) is 19.8. The number of ether oxygens (including phenoxy) is 1. The number of aryl methyl sites for hydroxylation is 1. The molecule has 2 saturated heterocycles. The van der Waals surface area contributed by atoms with E-state index in [1.165, 1.54) is 6.07 Å². The number of halogens is 2. The maximum absolute atomic E-state index is 12.6. The molecule has 2 aromatic rings. The summed E-state index contributed by atoms with van der Waals surface area (Å²) in [5, 5.41) is 13.1. The van der Waals surface area contributed by atoms with Gasteiger partial charge in [0.1, 0.15) is 11.5 Å². The van der Waals surface area contributed by atoms with Gasteiger partial charge in [0, 0.05) is 55.8 Å². The third-order valence-corrected chi connectivity index (χ3v) is 7.26. The van der Waals surface area contributed by atoms with Crippen molar-refractivity contribution < 1.29 is 39.7 Å². The number of anilines is 2. The second-order valence-electron chi connectivity index (χ2n) is 8.30. The van der Waals surface area contributed by atoms with Crippen LogP contribution in [0.4, 0.5) is 11.8 Å². The first-order valence-corrected chi connectivity index (χ1v) is 11.1.